The lowest BCUT2D eigenvalue weighted by atomic mass is 10.2. The number of ether oxygens (including phenoxy) is 2. The molecule has 0 unspecified atom stereocenters. The van der Waals surface area contributed by atoms with Crippen molar-refractivity contribution >= 4 is 17.7 Å². The molecule has 7 nitrogen and oxygen atoms in total. The van der Waals surface area contributed by atoms with Crippen LogP contribution in [0.4, 0.5) is 0 Å². The number of nitrogens with zero attached hydrogens (tertiary/aromatic N) is 3. The molecule has 1 aliphatic rings. The van der Waals surface area contributed by atoms with Crippen LogP contribution < -0.4 is 14.8 Å². The first-order valence-corrected chi connectivity index (χ1v) is 10.2. The van der Waals surface area contributed by atoms with Gasteiger partial charge in [-0.15, -0.1) is 10.2 Å². The normalized spacial score (nSPS) is 13.3. The van der Waals surface area contributed by atoms with Gasteiger partial charge < -0.3 is 19.4 Å². The van der Waals surface area contributed by atoms with Gasteiger partial charge in [-0.1, -0.05) is 48.2 Å². The molecule has 0 radical (unpaired) electrons. The van der Waals surface area contributed by atoms with Crippen LogP contribution in [0.1, 0.15) is 23.9 Å². The molecule has 0 aliphatic carbocycles. The van der Waals surface area contributed by atoms with E-state index < -0.39 is 0 Å². The Labute approximate surface area is 173 Å². The third-order valence-electron chi connectivity index (χ3n) is 4.64. The zero-order chi connectivity index (χ0) is 20.2. The Morgan fingerprint density at radius 3 is 2.76 bits per heavy atom. The lowest BCUT2D eigenvalue weighted by Gasteiger charge is -2.13. The smallest absolute Gasteiger partial charge is 0.233 e. The summed E-state index contributed by atoms with van der Waals surface area (Å²) in [4.78, 5) is 12.6. The van der Waals surface area contributed by atoms with Crippen LogP contribution >= 0.6 is 11.8 Å². The zero-order valence-electron chi connectivity index (χ0n) is 16.3. The standard InChI is InChI=1S/C21H22N4O3S/c1-14(20(26)22-11-17-8-9-18-19(10-17)28-13-27-18)29-21-24-23-15(2)25(21)12-16-6-4-3-5-7-16/h3-10,14H,11-13H2,1-2H3,(H,22,26)/t14-/m0/s1. The molecule has 1 atom stereocenters. The van der Waals surface area contributed by atoms with E-state index in [1.165, 1.54) is 11.8 Å². The highest BCUT2D eigenvalue weighted by atomic mass is 32.2. The fourth-order valence-electron chi connectivity index (χ4n) is 2.99. The maximum Gasteiger partial charge on any atom is 0.233 e. The van der Waals surface area contributed by atoms with Crippen LogP contribution in [0.25, 0.3) is 0 Å². The Balaban J connectivity index is 1.36. The van der Waals surface area contributed by atoms with Gasteiger partial charge in [0.1, 0.15) is 5.82 Å². The molecule has 150 valence electrons. The van der Waals surface area contributed by atoms with Crippen molar-refractivity contribution in [3.63, 3.8) is 0 Å². The highest BCUT2D eigenvalue weighted by Crippen LogP contribution is 2.32. The van der Waals surface area contributed by atoms with Crippen molar-refractivity contribution in [1.82, 2.24) is 20.1 Å². The van der Waals surface area contributed by atoms with Gasteiger partial charge in [0.15, 0.2) is 16.7 Å². The molecule has 1 N–H and O–H groups in total. The van der Waals surface area contributed by atoms with E-state index in [9.17, 15) is 4.79 Å². The van der Waals surface area contributed by atoms with Crippen molar-refractivity contribution in [2.45, 2.75) is 37.3 Å². The molecule has 0 saturated carbocycles. The molecule has 4 rings (SSSR count). The Morgan fingerprint density at radius 1 is 1.14 bits per heavy atom. The van der Waals surface area contributed by atoms with Gasteiger partial charge >= 0.3 is 0 Å². The maximum absolute atomic E-state index is 12.6. The summed E-state index contributed by atoms with van der Waals surface area (Å²) in [6, 6.07) is 15.8. The van der Waals surface area contributed by atoms with Crippen LogP contribution in [0, 0.1) is 6.92 Å². The minimum Gasteiger partial charge on any atom is -0.454 e. The van der Waals surface area contributed by atoms with E-state index in [1.807, 2.05) is 54.8 Å². The molecular weight excluding hydrogens is 388 g/mol. The van der Waals surface area contributed by atoms with E-state index in [0.29, 0.717) is 18.8 Å². The van der Waals surface area contributed by atoms with Crippen LogP contribution in [0.5, 0.6) is 11.5 Å². The molecule has 0 saturated heterocycles. The minimum absolute atomic E-state index is 0.0559. The molecule has 1 aliphatic heterocycles. The number of hydrogen-bond donors (Lipinski definition) is 1. The van der Waals surface area contributed by atoms with Gasteiger partial charge in [0.05, 0.1) is 11.8 Å². The quantitative estimate of drug-likeness (QED) is 0.603. The van der Waals surface area contributed by atoms with E-state index in [1.54, 1.807) is 0 Å². The average molecular weight is 410 g/mol. The third-order valence-corrected chi connectivity index (χ3v) is 5.72. The minimum atomic E-state index is -0.304. The average Bonchev–Trinajstić information content (AvgIpc) is 3.34. The fraction of sp³-hybridized carbons (Fsp3) is 0.286. The lowest BCUT2D eigenvalue weighted by molar-refractivity contribution is -0.120. The topological polar surface area (TPSA) is 78.3 Å². The summed E-state index contributed by atoms with van der Waals surface area (Å²) in [6.07, 6.45) is 0. The molecule has 0 bridgehead atoms. The first-order chi connectivity index (χ1) is 14.1. The number of aryl methyl sites for hydroxylation is 1. The van der Waals surface area contributed by atoms with Gasteiger partial charge in [-0.25, -0.2) is 0 Å². The molecule has 1 aromatic heterocycles. The number of hydrogen-bond acceptors (Lipinski definition) is 6. The van der Waals surface area contributed by atoms with Crippen molar-refractivity contribution in [1.29, 1.82) is 0 Å². The number of thioether (sulfide) groups is 1. The van der Waals surface area contributed by atoms with Gasteiger partial charge in [0.25, 0.3) is 0 Å². The van der Waals surface area contributed by atoms with E-state index in [-0.39, 0.29) is 18.0 Å². The second-order valence-corrected chi connectivity index (χ2v) is 8.07. The van der Waals surface area contributed by atoms with Crippen LogP contribution in [-0.4, -0.2) is 32.7 Å². The van der Waals surface area contributed by atoms with Crippen LogP contribution in [0.3, 0.4) is 0 Å². The van der Waals surface area contributed by atoms with Crippen molar-refractivity contribution in [3.8, 4) is 11.5 Å². The Hall–Kier alpha value is -3.00. The summed E-state index contributed by atoms with van der Waals surface area (Å²) >= 11 is 1.41. The predicted octanol–water partition coefficient (Wildman–Crippen LogP) is 3.16. The van der Waals surface area contributed by atoms with E-state index in [2.05, 4.69) is 27.6 Å². The number of fused-ring (bicyclic) bond motifs is 1. The van der Waals surface area contributed by atoms with Crippen molar-refractivity contribution in [3.05, 3.63) is 65.5 Å². The van der Waals surface area contributed by atoms with Gasteiger partial charge in [0.2, 0.25) is 12.7 Å². The zero-order valence-corrected chi connectivity index (χ0v) is 17.1. The summed E-state index contributed by atoms with van der Waals surface area (Å²) in [5.74, 6) is 2.21. The van der Waals surface area contributed by atoms with Crippen molar-refractivity contribution in [2.75, 3.05) is 6.79 Å². The first kappa shape index (κ1) is 19.3. The van der Waals surface area contributed by atoms with Gasteiger partial charge in [0, 0.05) is 6.54 Å². The van der Waals surface area contributed by atoms with Gasteiger partial charge in [-0.2, -0.15) is 0 Å². The molecule has 3 aromatic rings. The summed E-state index contributed by atoms with van der Waals surface area (Å²) in [5, 5.41) is 11.8. The molecule has 1 amide bonds. The molecule has 8 heteroatoms. The number of benzene rings is 2. The number of nitrogens with one attached hydrogen (secondary N) is 1. The molecular formula is C21H22N4O3S. The maximum atomic E-state index is 12.6. The molecule has 29 heavy (non-hydrogen) atoms. The Bertz CT molecular complexity index is 1010. The largest absolute Gasteiger partial charge is 0.454 e. The summed E-state index contributed by atoms with van der Waals surface area (Å²) in [6.45, 7) is 5.13. The van der Waals surface area contributed by atoms with Crippen molar-refractivity contribution < 1.29 is 14.3 Å². The van der Waals surface area contributed by atoms with E-state index >= 15 is 0 Å². The number of carbonyl (C=O) groups excluding carboxylic acids is 1. The number of aromatic nitrogens is 3. The SMILES string of the molecule is Cc1nnc(S[C@@H](C)C(=O)NCc2ccc3c(c2)OCO3)n1Cc1ccccc1. The van der Waals surface area contributed by atoms with Crippen LogP contribution in [-0.2, 0) is 17.9 Å². The number of amides is 1. The Kier molecular flexibility index (Phi) is 5.71. The fourth-order valence-corrected chi connectivity index (χ4v) is 3.91. The van der Waals surface area contributed by atoms with Crippen LogP contribution in [0.2, 0.25) is 0 Å². The summed E-state index contributed by atoms with van der Waals surface area (Å²) < 4.78 is 12.7. The predicted molar refractivity (Wildman–Crippen MR) is 110 cm³/mol. The highest BCUT2D eigenvalue weighted by Gasteiger charge is 2.20. The van der Waals surface area contributed by atoms with Crippen molar-refractivity contribution in [2.24, 2.45) is 0 Å². The van der Waals surface area contributed by atoms with Gasteiger partial charge in [-0.05, 0) is 37.1 Å². The lowest BCUT2D eigenvalue weighted by Crippen LogP contribution is -2.30. The van der Waals surface area contributed by atoms with E-state index in [0.717, 1.165) is 27.9 Å². The summed E-state index contributed by atoms with van der Waals surface area (Å²) in [5.41, 5.74) is 2.13. The highest BCUT2D eigenvalue weighted by molar-refractivity contribution is 8.00. The monoisotopic (exact) mass is 410 g/mol. The summed E-state index contributed by atoms with van der Waals surface area (Å²) in [7, 11) is 0. The molecule has 2 aromatic carbocycles. The van der Waals surface area contributed by atoms with Gasteiger partial charge in [-0.3, -0.25) is 4.79 Å². The molecule has 2 heterocycles. The van der Waals surface area contributed by atoms with E-state index in [4.69, 9.17) is 9.47 Å². The second-order valence-electron chi connectivity index (χ2n) is 6.77. The third kappa shape index (κ3) is 4.54. The second kappa shape index (κ2) is 8.57. The Morgan fingerprint density at radius 2 is 1.93 bits per heavy atom. The first-order valence-electron chi connectivity index (χ1n) is 9.37. The van der Waals surface area contributed by atoms with Crippen LogP contribution in [0.15, 0.2) is 53.7 Å². The molecule has 0 spiro atoms. The number of rotatable bonds is 7. The molecule has 0 fully saturated rings. The number of carbonyl (C=O) groups is 1.